The SMILES string of the molecule is CNCc1sc(-c2cccs2)nc1CC(C)C. The van der Waals surface area contributed by atoms with Gasteiger partial charge in [0.2, 0.25) is 0 Å². The Morgan fingerprint density at radius 1 is 1.41 bits per heavy atom. The van der Waals surface area contributed by atoms with E-state index >= 15 is 0 Å². The molecule has 2 rings (SSSR count). The largest absolute Gasteiger partial charge is 0.315 e. The van der Waals surface area contributed by atoms with Crippen LogP contribution in [0.1, 0.15) is 24.4 Å². The number of nitrogens with zero attached hydrogens (tertiary/aromatic N) is 1. The van der Waals surface area contributed by atoms with E-state index in [-0.39, 0.29) is 0 Å². The lowest BCUT2D eigenvalue weighted by molar-refractivity contribution is 0.631. The third-order valence-electron chi connectivity index (χ3n) is 2.45. The number of hydrogen-bond donors (Lipinski definition) is 1. The van der Waals surface area contributed by atoms with Gasteiger partial charge in [-0.15, -0.1) is 22.7 Å². The monoisotopic (exact) mass is 266 g/mol. The van der Waals surface area contributed by atoms with Crippen LogP contribution in [0.3, 0.4) is 0 Å². The first-order valence-electron chi connectivity index (χ1n) is 5.87. The second-order valence-corrected chi connectivity index (χ2v) is 6.53. The molecule has 0 atom stereocenters. The lowest BCUT2D eigenvalue weighted by Gasteiger charge is -2.03. The predicted molar refractivity (Wildman–Crippen MR) is 76.7 cm³/mol. The van der Waals surface area contributed by atoms with Crippen molar-refractivity contribution in [2.45, 2.75) is 26.8 Å². The van der Waals surface area contributed by atoms with Crippen LogP contribution in [0, 0.1) is 5.92 Å². The molecule has 2 nitrogen and oxygen atoms in total. The van der Waals surface area contributed by atoms with E-state index in [9.17, 15) is 0 Å². The summed E-state index contributed by atoms with van der Waals surface area (Å²) in [6.45, 7) is 5.41. The molecule has 2 aromatic rings. The third-order valence-corrected chi connectivity index (χ3v) is 4.59. The van der Waals surface area contributed by atoms with Crippen LogP contribution in [-0.4, -0.2) is 12.0 Å². The highest BCUT2D eigenvalue weighted by Crippen LogP contribution is 2.32. The number of thiazole rings is 1. The molecular formula is C13H18N2S2. The van der Waals surface area contributed by atoms with E-state index in [1.165, 1.54) is 20.5 Å². The number of aromatic nitrogens is 1. The maximum Gasteiger partial charge on any atom is 0.133 e. The Labute approximate surface area is 111 Å². The summed E-state index contributed by atoms with van der Waals surface area (Å²) in [5.41, 5.74) is 1.27. The molecule has 17 heavy (non-hydrogen) atoms. The van der Waals surface area contributed by atoms with E-state index in [1.54, 1.807) is 11.3 Å². The van der Waals surface area contributed by atoms with Crippen molar-refractivity contribution in [3.8, 4) is 9.88 Å². The molecule has 0 aromatic carbocycles. The molecule has 0 saturated heterocycles. The van der Waals surface area contributed by atoms with Gasteiger partial charge in [0.05, 0.1) is 10.6 Å². The van der Waals surface area contributed by atoms with Gasteiger partial charge in [-0.1, -0.05) is 19.9 Å². The van der Waals surface area contributed by atoms with Crippen molar-refractivity contribution >= 4 is 22.7 Å². The van der Waals surface area contributed by atoms with Crippen LogP contribution in [0.25, 0.3) is 9.88 Å². The zero-order valence-corrected chi connectivity index (χ0v) is 12.1. The summed E-state index contributed by atoms with van der Waals surface area (Å²) in [5.74, 6) is 0.656. The molecule has 4 heteroatoms. The van der Waals surface area contributed by atoms with Crippen LogP contribution in [0.15, 0.2) is 17.5 Å². The number of nitrogens with one attached hydrogen (secondary N) is 1. The van der Waals surface area contributed by atoms with Crippen molar-refractivity contribution in [3.05, 3.63) is 28.1 Å². The normalized spacial score (nSPS) is 11.3. The van der Waals surface area contributed by atoms with Crippen molar-refractivity contribution in [2.75, 3.05) is 7.05 Å². The van der Waals surface area contributed by atoms with Crippen LogP contribution >= 0.6 is 22.7 Å². The first-order valence-corrected chi connectivity index (χ1v) is 7.57. The molecule has 2 heterocycles. The van der Waals surface area contributed by atoms with Gasteiger partial charge in [-0.25, -0.2) is 4.98 Å². The van der Waals surface area contributed by atoms with E-state index in [0.717, 1.165) is 13.0 Å². The fourth-order valence-corrected chi connectivity index (χ4v) is 3.63. The quantitative estimate of drug-likeness (QED) is 0.890. The van der Waals surface area contributed by atoms with Crippen molar-refractivity contribution in [1.29, 1.82) is 0 Å². The van der Waals surface area contributed by atoms with E-state index < -0.39 is 0 Å². The Kier molecular flexibility index (Phi) is 4.31. The summed E-state index contributed by atoms with van der Waals surface area (Å²) in [5, 5.41) is 6.51. The lowest BCUT2D eigenvalue weighted by Crippen LogP contribution is -2.07. The standard InChI is InChI=1S/C13H18N2S2/c1-9(2)7-10-12(8-14-3)17-13(15-10)11-5-4-6-16-11/h4-6,9,14H,7-8H2,1-3H3. The second-order valence-electron chi connectivity index (χ2n) is 4.49. The minimum absolute atomic E-state index is 0.656. The summed E-state index contributed by atoms with van der Waals surface area (Å²) in [4.78, 5) is 7.46. The van der Waals surface area contributed by atoms with Gasteiger partial charge in [0.25, 0.3) is 0 Å². The van der Waals surface area contributed by atoms with Crippen LogP contribution in [-0.2, 0) is 13.0 Å². The Balaban J connectivity index is 2.30. The summed E-state index contributed by atoms with van der Waals surface area (Å²) in [7, 11) is 1.99. The highest BCUT2D eigenvalue weighted by molar-refractivity contribution is 7.21. The Hall–Kier alpha value is -0.710. The molecular weight excluding hydrogens is 248 g/mol. The minimum Gasteiger partial charge on any atom is -0.315 e. The fraction of sp³-hybridized carbons (Fsp3) is 0.462. The van der Waals surface area contributed by atoms with Crippen molar-refractivity contribution < 1.29 is 0 Å². The van der Waals surface area contributed by atoms with Crippen molar-refractivity contribution in [2.24, 2.45) is 5.92 Å². The van der Waals surface area contributed by atoms with Gasteiger partial charge >= 0.3 is 0 Å². The minimum atomic E-state index is 0.656. The first kappa shape index (κ1) is 12.7. The van der Waals surface area contributed by atoms with E-state index in [1.807, 2.05) is 18.4 Å². The first-order chi connectivity index (χ1) is 8.20. The molecule has 0 amide bonds. The van der Waals surface area contributed by atoms with Crippen molar-refractivity contribution in [1.82, 2.24) is 10.3 Å². The lowest BCUT2D eigenvalue weighted by atomic mass is 10.1. The van der Waals surface area contributed by atoms with Gasteiger partial charge in [-0.3, -0.25) is 0 Å². The van der Waals surface area contributed by atoms with Gasteiger partial charge in [0.15, 0.2) is 0 Å². The Bertz CT molecular complexity index is 458. The van der Waals surface area contributed by atoms with Crippen molar-refractivity contribution in [3.63, 3.8) is 0 Å². The van der Waals surface area contributed by atoms with Gasteiger partial charge in [0.1, 0.15) is 5.01 Å². The topological polar surface area (TPSA) is 24.9 Å². The molecule has 0 aliphatic carbocycles. The van der Waals surface area contributed by atoms with Crippen LogP contribution in [0.4, 0.5) is 0 Å². The number of thiophene rings is 1. The fourth-order valence-electron chi connectivity index (χ4n) is 1.73. The van der Waals surface area contributed by atoms with Crippen LogP contribution < -0.4 is 5.32 Å². The predicted octanol–water partition coefficient (Wildman–Crippen LogP) is 3.79. The van der Waals surface area contributed by atoms with Gasteiger partial charge in [0, 0.05) is 11.4 Å². The molecule has 0 fully saturated rings. The Morgan fingerprint density at radius 3 is 2.82 bits per heavy atom. The molecule has 0 radical (unpaired) electrons. The number of rotatable bonds is 5. The molecule has 0 unspecified atom stereocenters. The summed E-state index contributed by atoms with van der Waals surface area (Å²) in [6.07, 6.45) is 1.07. The van der Waals surface area contributed by atoms with E-state index in [4.69, 9.17) is 4.98 Å². The zero-order chi connectivity index (χ0) is 12.3. The molecule has 2 aromatic heterocycles. The summed E-state index contributed by atoms with van der Waals surface area (Å²) in [6, 6.07) is 4.23. The average molecular weight is 266 g/mol. The van der Waals surface area contributed by atoms with Gasteiger partial charge in [-0.05, 0) is 30.8 Å². The molecule has 0 saturated carbocycles. The second kappa shape index (κ2) is 5.76. The van der Waals surface area contributed by atoms with Crippen LogP contribution in [0.5, 0.6) is 0 Å². The molecule has 0 aliphatic rings. The summed E-state index contributed by atoms with van der Waals surface area (Å²) < 4.78 is 0. The van der Waals surface area contributed by atoms with Gasteiger partial charge < -0.3 is 5.32 Å². The van der Waals surface area contributed by atoms with Gasteiger partial charge in [-0.2, -0.15) is 0 Å². The highest BCUT2D eigenvalue weighted by atomic mass is 32.1. The maximum absolute atomic E-state index is 4.80. The smallest absolute Gasteiger partial charge is 0.133 e. The molecule has 0 bridgehead atoms. The molecule has 0 aliphatic heterocycles. The van der Waals surface area contributed by atoms with Crippen LogP contribution in [0.2, 0.25) is 0 Å². The molecule has 92 valence electrons. The Morgan fingerprint density at radius 2 is 2.24 bits per heavy atom. The van der Waals surface area contributed by atoms with E-state index in [0.29, 0.717) is 5.92 Å². The van der Waals surface area contributed by atoms with E-state index in [2.05, 4.69) is 36.7 Å². The number of hydrogen-bond acceptors (Lipinski definition) is 4. The maximum atomic E-state index is 4.80. The zero-order valence-electron chi connectivity index (χ0n) is 10.5. The molecule has 1 N–H and O–H groups in total. The third kappa shape index (κ3) is 3.15. The molecule has 0 spiro atoms. The highest BCUT2D eigenvalue weighted by Gasteiger charge is 2.13. The average Bonchev–Trinajstić information content (AvgIpc) is 2.87. The summed E-state index contributed by atoms with van der Waals surface area (Å²) >= 11 is 3.58.